The number of halogens is 1. The van der Waals surface area contributed by atoms with E-state index in [1.54, 1.807) is 34.1 Å². The normalized spacial score (nSPS) is 10.0. The highest BCUT2D eigenvalue weighted by molar-refractivity contribution is 8.14. The van der Waals surface area contributed by atoms with E-state index >= 15 is 0 Å². The van der Waals surface area contributed by atoms with Crippen molar-refractivity contribution in [1.29, 1.82) is 15.8 Å². The highest BCUT2D eigenvalue weighted by atomic mass is 35.5. The van der Waals surface area contributed by atoms with Crippen LogP contribution in [0.5, 0.6) is 0 Å². The van der Waals surface area contributed by atoms with Gasteiger partial charge in [-0.3, -0.25) is 0 Å². The Kier molecular flexibility index (Phi) is 8.25. The molecule has 0 aliphatic rings. The first-order chi connectivity index (χ1) is 12.3. The van der Waals surface area contributed by atoms with Crippen molar-refractivity contribution >= 4 is 28.4 Å². The van der Waals surface area contributed by atoms with Gasteiger partial charge in [0.1, 0.15) is 40.2 Å². The highest BCUT2D eigenvalue weighted by Crippen LogP contribution is 2.27. The lowest BCUT2D eigenvalue weighted by Crippen LogP contribution is -2.27. The van der Waals surface area contributed by atoms with E-state index in [0.29, 0.717) is 21.5 Å². The Balaban J connectivity index is 3.55. The fourth-order valence-electron chi connectivity index (χ4n) is 2.00. The lowest BCUT2D eigenvalue weighted by Gasteiger charge is -2.26. The molecule has 0 fully saturated rings. The monoisotopic (exact) mass is 384 g/mol. The van der Waals surface area contributed by atoms with Crippen molar-refractivity contribution in [3.63, 3.8) is 0 Å². The summed E-state index contributed by atoms with van der Waals surface area (Å²) in [4.78, 5) is 8.67. The van der Waals surface area contributed by atoms with Crippen LogP contribution in [-0.2, 0) is 0 Å². The third-order valence-electron chi connectivity index (χ3n) is 2.98. The van der Waals surface area contributed by atoms with Gasteiger partial charge in [-0.25, -0.2) is 4.99 Å². The van der Waals surface area contributed by atoms with Crippen LogP contribution in [0.2, 0.25) is 5.02 Å². The Morgan fingerprint density at radius 1 is 1.00 bits per heavy atom. The Labute approximate surface area is 162 Å². The zero-order chi connectivity index (χ0) is 19.7. The number of nitriles is 3. The van der Waals surface area contributed by atoms with Gasteiger partial charge in [0.15, 0.2) is 0 Å². The highest BCUT2D eigenvalue weighted by Gasteiger charge is 2.18. The van der Waals surface area contributed by atoms with E-state index in [1.165, 1.54) is 18.0 Å². The second-order valence-corrected chi connectivity index (χ2v) is 6.85. The van der Waals surface area contributed by atoms with Crippen molar-refractivity contribution in [2.24, 2.45) is 4.99 Å². The van der Waals surface area contributed by atoms with Gasteiger partial charge in [0.05, 0.1) is 6.20 Å². The number of rotatable bonds is 5. The predicted octanol–water partition coefficient (Wildman–Crippen LogP) is 3.62. The predicted molar refractivity (Wildman–Crippen MR) is 104 cm³/mol. The smallest absolute Gasteiger partial charge is 0.147 e. The number of benzene rings is 1. The molecule has 0 saturated carbocycles. The van der Waals surface area contributed by atoms with Crippen LogP contribution >= 0.6 is 23.4 Å². The van der Waals surface area contributed by atoms with Gasteiger partial charge in [-0.1, -0.05) is 23.4 Å². The quantitative estimate of drug-likeness (QED) is 0.333. The number of nitrogens with zero attached hydrogens (tertiary/aromatic N) is 6. The number of hydrogen-bond donors (Lipinski definition) is 0. The van der Waals surface area contributed by atoms with E-state index in [4.69, 9.17) is 22.1 Å². The van der Waals surface area contributed by atoms with Crippen LogP contribution in [0.15, 0.2) is 57.3 Å². The van der Waals surface area contributed by atoms with Crippen LogP contribution in [0.1, 0.15) is 0 Å². The van der Waals surface area contributed by atoms with Crippen molar-refractivity contribution in [3.8, 4) is 18.2 Å². The number of thioether (sulfide) groups is 1. The maximum atomic E-state index is 9.74. The molecule has 0 heterocycles. The second-order valence-electron chi connectivity index (χ2n) is 5.36. The van der Waals surface area contributed by atoms with Gasteiger partial charge in [-0.05, 0) is 24.3 Å². The molecule has 0 aliphatic carbocycles. The summed E-state index contributed by atoms with van der Waals surface area (Å²) in [6.07, 6.45) is 1.17. The minimum atomic E-state index is -0.146. The number of allylic oxidation sites excluding steroid dienone is 1. The second kappa shape index (κ2) is 10.2. The first-order valence-corrected chi connectivity index (χ1v) is 8.54. The van der Waals surface area contributed by atoms with Crippen LogP contribution in [-0.4, -0.2) is 43.0 Å². The van der Waals surface area contributed by atoms with E-state index in [1.807, 2.05) is 40.3 Å². The van der Waals surface area contributed by atoms with Crippen molar-refractivity contribution < 1.29 is 0 Å². The van der Waals surface area contributed by atoms with E-state index in [0.717, 1.165) is 4.90 Å². The zero-order valence-electron chi connectivity index (χ0n) is 14.9. The Morgan fingerprint density at radius 3 is 1.96 bits per heavy atom. The molecule has 0 aromatic heterocycles. The molecule has 8 heteroatoms. The Bertz CT molecular complexity index is 835. The van der Waals surface area contributed by atoms with Gasteiger partial charge in [-0.2, -0.15) is 15.8 Å². The van der Waals surface area contributed by atoms with Crippen LogP contribution in [0.4, 0.5) is 0 Å². The lowest BCUT2D eigenvalue weighted by molar-refractivity contribution is 0.341. The summed E-state index contributed by atoms with van der Waals surface area (Å²) < 4.78 is 0. The van der Waals surface area contributed by atoms with Gasteiger partial charge >= 0.3 is 0 Å². The van der Waals surface area contributed by atoms with Gasteiger partial charge in [0.25, 0.3) is 0 Å². The first kappa shape index (κ1) is 21.1. The van der Waals surface area contributed by atoms with E-state index < -0.39 is 0 Å². The molecule has 0 N–H and O–H groups in total. The summed E-state index contributed by atoms with van der Waals surface area (Å²) >= 11 is 7.17. The van der Waals surface area contributed by atoms with Crippen LogP contribution < -0.4 is 0 Å². The SMILES string of the molecule is CN(C)C(=C(C#N)C(=NC=C(C#N)C#N)Sc1ccc(Cl)cc1)N(C)C. The summed E-state index contributed by atoms with van der Waals surface area (Å²) in [7, 11) is 7.29. The standard InChI is InChI=1S/C18H17ClN6S/c1-24(2)18(25(3)4)16(11-22)17(23-12-13(9-20)10-21)26-15-7-5-14(19)6-8-15/h5-8,12H,1-4H3. The molecule has 0 saturated heterocycles. The molecule has 0 atom stereocenters. The van der Waals surface area contributed by atoms with Crippen molar-refractivity contribution in [3.05, 3.63) is 52.5 Å². The molecule has 132 valence electrons. The number of hydrogen-bond acceptors (Lipinski definition) is 7. The summed E-state index contributed by atoms with van der Waals surface area (Å²) in [5, 5.41) is 28.5. The topological polar surface area (TPSA) is 90.2 Å². The summed E-state index contributed by atoms with van der Waals surface area (Å²) in [5.74, 6) is 0.650. The summed E-state index contributed by atoms with van der Waals surface area (Å²) in [5.41, 5.74) is 0.180. The maximum Gasteiger partial charge on any atom is 0.147 e. The molecule has 0 spiro atoms. The average Bonchev–Trinajstić information content (AvgIpc) is 2.60. The third kappa shape index (κ3) is 5.86. The molecule has 1 aromatic rings. The van der Waals surface area contributed by atoms with Gasteiger partial charge in [0, 0.05) is 38.1 Å². The summed E-state index contributed by atoms with van der Waals surface area (Å²) in [6.45, 7) is 0. The van der Waals surface area contributed by atoms with Crippen LogP contribution in [0, 0.1) is 34.0 Å². The van der Waals surface area contributed by atoms with E-state index in [-0.39, 0.29) is 5.57 Å². The molecule has 0 amide bonds. The van der Waals surface area contributed by atoms with Crippen molar-refractivity contribution in [2.45, 2.75) is 4.90 Å². The molecular formula is C18H17ClN6S. The van der Waals surface area contributed by atoms with Crippen LogP contribution in [0.25, 0.3) is 0 Å². The van der Waals surface area contributed by atoms with Gasteiger partial charge in [-0.15, -0.1) is 0 Å². The average molecular weight is 385 g/mol. The van der Waals surface area contributed by atoms with E-state index in [2.05, 4.69) is 11.1 Å². The zero-order valence-corrected chi connectivity index (χ0v) is 16.4. The van der Waals surface area contributed by atoms with Gasteiger partial charge in [0.2, 0.25) is 0 Å². The third-order valence-corrected chi connectivity index (χ3v) is 4.24. The Hall–Kier alpha value is -2.92. The van der Waals surface area contributed by atoms with Crippen LogP contribution in [0.3, 0.4) is 0 Å². The molecule has 0 bridgehead atoms. The number of aliphatic imine (C=N–C) groups is 1. The minimum Gasteiger partial charge on any atom is -0.363 e. The fourth-order valence-corrected chi connectivity index (χ4v) is 2.97. The molecule has 0 unspecified atom stereocenters. The van der Waals surface area contributed by atoms with Crippen molar-refractivity contribution in [1.82, 2.24) is 9.80 Å². The molecule has 26 heavy (non-hydrogen) atoms. The van der Waals surface area contributed by atoms with Crippen molar-refractivity contribution in [2.75, 3.05) is 28.2 Å². The maximum absolute atomic E-state index is 9.74. The molecule has 1 aromatic carbocycles. The fraction of sp³-hybridized carbons (Fsp3) is 0.222. The molecule has 1 rings (SSSR count). The molecular weight excluding hydrogens is 368 g/mol. The first-order valence-electron chi connectivity index (χ1n) is 7.35. The largest absolute Gasteiger partial charge is 0.363 e. The van der Waals surface area contributed by atoms with E-state index in [9.17, 15) is 5.26 Å². The Morgan fingerprint density at radius 2 is 1.54 bits per heavy atom. The minimum absolute atomic E-state index is 0.146. The molecule has 0 radical (unpaired) electrons. The molecule has 0 aliphatic heterocycles. The summed E-state index contributed by atoms with van der Waals surface area (Å²) in [6, 6.07) is 12.8. The lowest BCUT2D eigenvalue weighted by atomic mass is 10.3. The van der Waals surface area contributed by atoms with Gasteiger partial charge < -0.3 is 9.80 Å². The molecule has 6 nitrogen and oxygen atoms in total.